The molecule has 1 aromatic heterocycles. The number of aromatic nitrogens is 1. The summed E-state index contributed by atoms with van der Waals surface area (Å²) >= 11 is 0. The Hall–Kier alpha value is -4.75. The fourth-order valence-corrected chi connectivity index (χ4v) is 3.68. The molecule has 4 nitrogen and oxygen atoms in total. The van der Waals surface area contributed by atoms with Crippen LogP contribution in [0.4, 0.5) is 11.4 Å². The number of terminal acetylenes is 1. The van der Waals surface area contributed by atoms with Gasteiger partial charge < -0.3 is 15.2 Å². The van der Waals surface area contributed by atoms with E-state index in [1.54, 1.807) is 18.3 Å². The van der Waals surface area contributed by atoms with Crippen LogP contribution in [0, 0.1) is 12.3 Å². The number of anilines is 2. The van der Waals surface area contributed by atoms with Gasteiger partial charge in [-0.25, -0.2) is 0 Å². The number of pyridine rings is 1. The lowest BCUT2D eigenvalue weighted by Gasteiger charge is -2.14. The number of rotatable bonds is 5. The maximum atomic E-state index is 9.87. The molecule has 0 aliphatic rings. The van der Waals surface area contributed by atoms with Crippen molar-refractivity contribution in [3.63, 3.8) is 0 Å². The zero-order valence-electron chi connectivity index (χ0n) is 17.7. The molecule has 2 N–H and O–H groups in total. The van der Waals surface area contributed by atoms with Gasteiger partial charge >= 0.3 is 0 Å². The molecule has 0 spiro atoms. The summed E-state index contributed by atoms with van der Waals surface area (Å²) < 4.78 is 5.88. The van der Waals surface area contributed by atoms with Gasteiger partial charge in [-0.05, 0) is 71.8 Å². The first kappa shape index (κ1) is 20.2. The molecule has 0 atom stereocenters. The average Bonchev–Trinajstić information content (AvgIpc) is 2.86. The van der Waals surface area contributed by atoms with E-state index in [-0.39, 0.29) is 5.75 Å². The number of hydrogen-bond donors (Lipinski definition) is 2. The summed E-state index contributed by atoms with van der Waals surface area (Å²) in [5.41, 5.74) is 5.05. The van der Waals surface area contributed by atoms with E-state index in [1.807, 2.05) is 84.9 Å². The first-order valence-corrected chi connectivity index (χ1v) is 10.5. The van der Waals surface area contributed by atoms with E-state index in [0.717, 1.165) is 44.9 Å². The molecule has 0 radical (unpaired) electrons. The molecule has 0 fully saturated rings. The lowest BCUT2D eigenvalue weighted by atomic mass is 10.0. The third-order valence-corrected chi connectivity index (χ3v) is 5.31. The van der Waals surface area contributed by atoms with Gasteiger partial charge in [0.2, 0.25) is 0 Å². The van der Waals surface area contributed by atoms with Gasteiger partial charge in [-0.2, -0.15) is 0 Å². The molecule has 33 heavy (non-hydrogen) atoms. The minimum absolute atomic E-state index is 0.222. The third-order valence-electron chi connectivity index (χ3n) is 5.31. The number of fused-ring (bicyclic) bond motifs is 1. The molecular formula is C29H20N2O2. The molecule has 158 valence electrons. The zero-order chi connectivity index (χ0) is 22.6. The van der Waals surface area contributed by atoms with Crippen molar-refractivity contribution in [2.45, 2.75) is 0 Å². The van der Waals surface area contributed by atoms with Gasteiger partial charge in [0, 0.05) is 17.3 Å². The predicted molar refractivity (Wildman–Crippen MR) is 133 cm³/mol. The second-order valence-electron chi connectivity index (χ2n) is 7.54. The van der Waals surface area contributed by atoms with E-state index in [9.17, 15) is 5.11 Å². The van der Waals surface area contributed by atoms with Crippen LogP contribution in [-0.4, -0.2) is 10.1 Å². The van der Waals surface area contributed by atoms with Gasteiger partial charge in [-0.15, -0.1) is 6.42 Å². The van der Waals surface area contributed by atoms with Crippen LogP contribution in [0.25, 0.3) is 22.0 Å². The quantitative estimate of drug-likeness (QED) is 0.293. The van der Waals surface area contributed by atoms with Crippen molar-refractivity contribution in [1.29, 1.82) is 0 Å². The second kappa shape index (κ2) is 8.78. The van der Waals surface area contributed by atoms with Crippen LogP contribution in [0.2, 0.25) is 0 Å². The summed E-state index contributed by atoms with van der Waals surface area (Å²) in [6.07, 6.45) is 7.49. The number of aromatic hydroxyl groups is 1. The Morgan fingerprint density at radius 1 is 0.788 bits per heavy atom. The number of phenols is 1. The number of nitrogens with zero attached hydrogens (tertiary/aromatic N) is 1. The number of phenolic OH excluding ortho intramolecular Hbond substituents is 1. The van der Waals surface area contributed by atoms with Crippen LogP contribution in [0.5, 0.6) is 17.2 Å². The first-order chi connectivity index (χ1) is 16.2. The van der Waals surface area contributed by atoms with Crippen LogP contribution in [0.1, 0.15) is 5.56 Å². The fraction of sp³-hybridized carbons (Fsp3) is 0. The molecule has 0 unspecified atom stereocenters. The third kappa shape index (κ3) is 4.34. The van der Waals surface area contributed by atoms with E-state index in [1.165, 1.54) is 0 Å². The highest BCUT2D eigenvalue weighted by Crippen LogP contribution is 2.33. The summed E-state index contributed by atoms with van der Waals surface area (Å²) in [7, 11) is 0. The van der Waals surface area contributed by atoms with Gasteiger partial charge in [0.05, 0.1) is 16.8 Å². The van der Waals surface area contributed by atoms with Crippen LogP contribution in [0.15, 0.2) is 103 Å². The SMILES string of the molecule is C#Cc1cnc2ccc(-c3cccc(O)c3)cc2c1Nc1ccc(Oc2ccccc2)cc1. The number of para-hydroxylation sites is 1. The highest BCUT2D eigenvalue weighted by atomic mass is 16.5. The predicted octanol–water partition coefficient (Wildman–Crippen LogP) is 7.12. The molecule has 0 aliphatic heterocycles. The van der Waals surface area contributed by atoms with Crippen LogP contribution < -0.4 is 10.1 Å². The summed E-state index contributed by atoms with van der Waals surface area (Å²) in [6, 6.07) is 30.5. The Kier molecular flexibility index (Phi) is 5.37. The molecule has 0 aliphatic carbocycles. The van der Waals surface area contributed by atoms with Gasteiger partial charge in [-0.1, -0.05) is 42.3 Å². The molecule has 0 saturated heterocycles. The van der Waals surface area contributed by atoms with Crippen molar-refractivity contribution in [2.24, 2.45) is 0 Å². The molecule has 5 aromatic rings. The average molecular weight is 428 g/mol. The van der Waals surface area contributed by atoms with Crippen molar-refractivity contribution in [2.75, 3.05) is 5.32 Å². The largest absolute Gasteiger partial charge is 0.508 e. The van der Waals surface area contributed by atoms with Crippen LogP contribution in [-0.2, 0) is 0 Å². The smallest absolute Gasteiger partial charge is 0.127 e. The number of nitrogens with one attached hydrogen (secondary N) is 1. The van der Waals surface area contributed by atoms with Gasteiger partial charge in [0.15, 0.2) is 0 Å². The molecular weight excluding hydrogens is 408 g/mol. The molecule has 4 aromatic carbocycles. The maximum absolute atomic E-state index is 9.87. The Morgan fingerprint density at radius 2 is 1.55 bits per heavy atom. The molecule has 0 amide bonds. The van der Waals surface area contributed by atoms with E-state index in [2.05, 4.69) is 16.2 Å². The Bertz CT molecular complexity index is 1470. The number of ether oxygens (including phenoxy) is 1. The minimum atomic E-state index is 0.222. The van der Waals surface area contributed by atoms with Crippen molar-refractivity contribution in [1.82, 2.24) is 4.98 Å². The summed E-state index contributed by atoms with van der Waals surface area (Å²) in [5.74, 6) is 4.48. The monoisotopic (exact) mass is 428 g/mol. The fourth-order valence-electron chi connectivity index (χ4n) is 3.68. The van der Waals surface area contributed by atoms with Crippen molar-refractivity contribution < 1.29 is 9.84 Å². The summed E-state index contributed by atoms with van der Waals surface area (Å²) in [6.45, 7) is 0. The molecule has 1 heterocycles. The van der Waals surface area contributed by atoms with E-state index in [4.69, 9.17) is 11.2 Å². The standard InChI is InChI=1S/C29H20N2O2/c1-2-20-19-30-28-16-11-22(21-7-6-8-24(32)17-21)18-27(28)29(20)31-23-12-14-26(15-13-23)33-25-9-4-3-5-10-25/h1,3-19,32H,(H,30,31). The van der Waals surface area contributed by atoms with Gasteiger partial charge in [0.1, 0.15) is 17.2 Å². The van der Waals surface area contributed by atoms with Crippen LogP contribution in [0.3, 0.4) is 0 Å². The Labute approximate surface area is 192 Å². The first-order valence-electron chi connectivity index (χ1n) is 10.5. The molecule has 5 rings (SSSR count). The van der Waals surface area contributed by atoms with Crippen molar-refractivity contribution >= 4 is 22.3 Å². The zero-order valence-corrected chi connectivity index (χ0v) is 17.7. The van der Waals surface area contributed by atoms with Crippen LogP contribution >= 0.6 is 0 Å². The van der Waals surface area contributed by atoms with Gasteiger partial charge in [-0.3, -0.25) is 4.98 Å². The second-order valence-corrected chi connectivity index (χ2v) is 7.54. The van der Waals surface area contributed by atoms with E-state index >= 15 is 0 Å². The topological polar surface area (TPSA) is 54.4 Å². The van der Waals surface area contributed by atoms with Crippen molar-refractivity contribution in [3.05, 3.63) is 109 Å². The minimum Gasteiger partial charge on any atom is -0.508 e. The van der Waals surface area contributed by atoms with Gasteiger partial charge in [0.25, 0.3) is 0 Å². The normalized spacial score (nSPS) is 10.5. The molecule has 0 saturated carbocycles. The van der Waals surface area contributed by atoms with E-state index in [0.29, 0.717) is 5.56 Å². The van der Waals surface area contributed by atoms with Crippen molar-refractivity contribution in [3.8, 4) is 40.7 Å². The molecule has 4 heteroatoms. The number of benzene rings is 4. The molecule has 0 bridgehead atoms. The lowest BCUT2D eigenvalue weighted by Crippen LogP contribution is -1.97. The summed E-state index contributed by atoms with van der Waals surface area (Å²) in [4.78, 5) is 4.52. The summed E-state index contributed by atoms with van der Waals surface area (Å²) in [5, 5.41) is 14.2. The highest BCUT2D eigenvalue weighted by Gasteiger charge is 2.11. The van der Waals surface area contributed by atoms with E-state index < -0.39 is 0 Å². The Balaban J connectivity index is 1.50. The maximum Gasteiger partial charge on any atom is 0.127 e. The lowest BCUT2D eigenvalue weighted by molar-refractivity contribution is 0.475. The Morgan fingerprint density at radius 3 is 2.30 bits per heavy atom. The highest BCUT2D eigenvalue weighted by molar-refractivity contribution is 5.98. The number of hydrogen-bond acceptors (Lipinski definition) is 4.